The zero-order chi connectivity index (χ0) is 19.8. The predicted molar refractivity (Wildman–Crippen MR) is 127 cm³/mol. The number of aryl methyl sites for hydroxylation is 1. The second kappa shape index (κ2) is 7.74. The van der Waals surface area contributed by atoms with Gasteiger partial charge in [0.2, 0.25) is 0 Å². The minimum atomic E-state index is 0.876. The molecule has 5 rings (SSSR count). The molecule has 0 aliphatic rings. The Bertz CT molecular complexity index is 1340. The van der Waals surface area contributed by atoms with E-state index in [2.05, 4.69) is 52.3 Å². The van der Waals surface area contributed by atoms with E-state index in [-0.39, 0.29) is 0 Å². The molecule has 0 saturated carbocycles. The van der Waals surface area contributed by atoms with Crippen LogP contribution in [-0.4, -0.2) is 18.9 Å². The SMILES string of the molecule is Cc1cc(-c2cn(SOI)c3ncccc23)cc2c(-c3cccnc3)ccnc12. The Morgan fingerprint density at radius 2 is 1.83 bits per heavy atom. The molecule has 4 heterocycles. The molecule has 0 bridgehead atoms. The second-order valence-electron chi connectivity index (χ2n) is 6.67. The lowest BCUT2D eigenvalue weighted by atomic mass is 9.95. The quantitative estimate of drug-likeness (QED) is 0.207. The highest BCUT2D eigenvalue weighted by atomic mass is 127. The summed E-state index contributed by atoms with van der Waals surface area (Å²) in [5.41, 5.74) is 7.45. The Labute approximate surface area is 186 Å². The van der Waals surface area contributed by atoms with Gasteiger partial charge in [-0.05, 0) is 60.0 Å². The molecular formula is C22H15IN4OS. The molecule has 0 N–H and O–H groups in total. The van der Waals surface area contributed by atoms with Crippen molar-refractivity contribution >= 4 is 57.2 Å². The first-order valence-corrected chi connectivity index (χ1v) is 10.6. The van der Waals surface area contributed by atoms with Crippen molar-refractivity contribution < 1.29 is 2.51 Å². The van der Waals surface area contributed by atoms with Crippen LogP contribution in [0.15, 0.2) is 73.4 Å². The smallest absolute Gasteiger partial charge is 0.152 e. The molecule has 5 nitrogen and oxygen atoms in total. The van der Waals surface area contributed by atoms with Gasteiger partial charge in [-0.25, -0.2) is 7.50 Å². The fraction of sp³-hybridized carbons (Fsp3) is 0.0455. The fourth-order valence-electron chi connectivity index (χ4n) is 3.71. The maximum Gasteiger partial charge on any atom is 0.152 e. The molecule has 0 atom stereocenters. The van der Waals surface area contributed by atoms with Gasteiger partial charge in [-0.2, -0.15) is 0 Å². The topological polar surface area (TPSA) is 52.8 Å². The van der Waals surface area contributed by atoms with Gasteiger partial charge >= 0.3 is 0 Å². The molecule has 142 valence electrons. The van der Waals surface area contributed by atoms with Gasteiger partial charge in [-0.1, -0.05) is 6.07 Å². The summed E-state index contributed by atoms with van der Waals surface area (Å²) in [6, 6.07) is 14.5. The van der Waals surface area contributed by atoms with E-state index in [9.17, 15) is 0 Å². The number of fused-ring (bicyclic) bond motifs is 2. The van der Waals surface area contributed by atoms with Gasteiger partial charge in [0.25, 0.3) is 0 Å². The van der Waals surface area contributed by atoms with Crippen LogP contribution in [0.25, 0.3) is 44.2 Å². The van der Waals surface area contributed by atoms with E-state index >= 15 is 0 Å². The molecule has 0 amide bonds. The Balaban J connectivity index is 1.78. The summed E-state index contributed by atoms with van der Waals surface area (Å²) >= 11 is 3.12. The third kappa shape index (κ3) is 3.29. The number of hydrogen-bond donors (Lipinski definition) is 0. The Kier molecular flexibility index (Phi) is 4.94. The number of hydrogen-bond acceptors (Lipinski definition) is 5. The van der Waals surface area contributed by atoms with E-state index in [4.69, 9.17) is 2.51 Å². The van der Waals surface area contributed by atoms with Gasteiger partial charge in [-0.15, -0.1) is 0 Å². The number of rotatable bonds is 4. The number of nitrogens with zero attached hydrogens (tertiary/aromatic N) is 4. The molecule has 7 heteroatoms. The van der Waals surface area contributed by atoms with E-state index in [1.165, 1.54) is 12.2 Å². The van der Waals surface area contributed by atoms with Gasteiger partial charge in [0.05, 0.1) is 5.52 Å². The van der Waals surface area contributed by atoms with Crippen molar-refractivity contribution in [3.63, 3.8) is 0 Å². The Morgan fingerprint density at radius 3 is 2.66 bits per heavy atom. The molecular weight excluding hydrogens is 495 g/mol. The van der Waals surface area contributed by atoms with Crippen LogP contribution in [0.5, 0.6) is 0 Å². The highest BCUT2D eigenvalue weighted by Crippen LogP contribution is 2.37. The molecule has 5 aromatic rings. The molecule has 1 aromatic carbocycles. The van der Waals surface area contributed by atoms with Crippen molar-refractivity contribution in [1.82, 2.24) is 18.9 Å². The first-order valence-electron chi connectivity index (χ1n) is 8.98. The van der Waals surface area contributed by atoms with Crippen LogP contribution in [0.2, 0.25) is 0 Å². The Morgan fingerprint density at radius 1 is 0.931 bits per heavy atom. The highest BCUT2D eigenvalue weighted by Gasteiger charge is 2.15. The zero-order valence-corrected chi connectivity index (χ0v) is 18.4. The molecule has 0 radical (unpaired) electrons. The number of halogens is 1. The summed E-state index contributed by atoms with van der Waals surface area (Å²) in [6.45, 7) is 2.10. The lowest BCUT2D eigenvalue weighted by Crippen LogP contribution is -1.90. The van der Waals surface area contributed by atoms with Gasteiger partial charge in [0.15, 0.2) is 5.65 Å². The van der Waals surface area contributed by atoms with E-state index in [0.717, 1.165) is 49.8 Å². The van der Waals surface area contributed by atoms with Gasteiger partial charge in [-0.3, -0.25) is 13.9 Å². The number of benzene rings is 1. The third-order valence-electron chi connectivity index (χ3n) is 4.96. The van der Waals surface area contributed by atoms with Crippen molar-refractivity contribution in [3.8, 4) is 22.3 Å². The van der Waals surface area contributed by atoms with Crippen LogP contribution in [0.1, 0.15) is 5.56 Å². The van der Waals surface area contributed by atoms with Gasteiger partial charge < -0.3 is 0 Å². The van der Waals surface area contributed by atoms with Crippen LogP contribution in [0.4, 0.5) is 0 Å². The third-order valence-corrected chi connectivity index (χ3v) is 5.94. The number of aromatic nitrogens is 4. The van der Waals surface area contributed by atoms with E-state index in [1.54, 1.807) is 12.4 Å². The van der Waals surface area contributed by atoms with Gasteiger partial charge in [0.1, 0.15) is 35.2 Å². The summed E-state index contributed by atoms with van der Waals surface area (Å²) in [6.07, 6.45) is 9.41. The predicted octanol–water partition coefficient (Wildman–Crippen LogP) is 6.40. The van der Waals surface area contributed by atoms with Crippen molar-refractivity contribution in [2.24, 2.45) is 0 Å². The standard InChI is InChI=1S/C22H15IN4OS/c1-14-10-16(20-13-27(29-28-23)22-18(20)5-3-8-26-22)11-19-17(6-9-25-21(14)19)15-4-2-7-24-12-15/h2-13H,1H3. The van der Waals surface area contributed by atoms with Gasteiger partial charge in [0, 0.05) is 52.9 Å². The van der Waals surface area contributed by atoms with Crippen LogP contribution >= 0.6 is 35.2 Å². The molecule has 0 unspecified atom stereocenters. The molecule has 0 saturated heterocycles. The molecule has 29 heavy (non-hydrogen) atoms. The minimum absolute atomic E-state index is 0.876. The van der Waals surface area contributed by atoms with Crippen molar-refractivity contribution in [1.29, 1.82) is 0 Å². The summed E-state index contributed by atoms with van der Waals surface area (Å²) in [5, 5.41) is 2.19. The Hall–Kier alpha value is -2.49. The average Bonchev–Trinajstić information content (AvgIpc) is 3.13. The first-order chi connectivity index (χ1) is 14.3. The van der Waals surface area contributed by atoms with Crippen LogP contribution in [0.3, 0.4) is 0 Å². The second-order valence-corrected chi connectivity index (χ2v) is 8.42. The highest BCUT2D eigenvalue weighted by molar-refractivity contribution is 14.1. The fourth-order valence-corrected chi connectivity index (χ4v) is 4.65. The molecule has 0 fully saturated rings. The van der Waals surface area contributed by atoms with Crippen LogP contribution in [0, 0.1) is 6.92 Å². The largest absolute Gasteiger partial charge is 0.264 e. The van der Waals surface area contributed by atoms with E-state index in [0.29, 0.717) is 0 Å². The maximum atomic E-state index is 5.25. The lowest BCUT2D eigenvalue weighted by molar-refractivity contribution is 0.830. The molecule has 0 aliphatic carbocycles. The van der Waals surface area contributed by atoms with Crippen molar-refractivity contribution in [3.05, 3.63) is 79.0 Å². The molecule has 0 spiro atoms. The number of pyridine rings is 3. The minimum Gasteiger partial charge on any atom is -0.264 e. The van der Waals surface area contributed by atoms with Crippen molar-refractivity contribution in [2.75, 3.05) is 0 Å². The first kappa shape index (κ1) is 18.5. The lowest BCUT2D eigenvalue weighted by Gasteiger charge is -2.11. The summed E-state index contributed by atoms with van der Waals surface area (Å²) in [7, 11) is 0. The van der Waals surface area contributed by atoms with E-state index in [1.807, 2.05) is 57.6 Å². The maximum absolute atomic E-state index is 5.25. The summed E-state index contributed by atoms with van der Waals surface area (Å²) in [4.78, 5) is 13.5. The molecule has 0 aliphatic heterocycles. The van der Waals surface area contributed by atoms with Crippen LogP contribution < -0.4 is 0 Å². The van der Waals surface area contributed by atoms with Crippen LogP contribution in [-0.2, 0) is 2.51 Å². The van der Waals surface area contributed by atoms with E-state index < -0.39 is 0 Å². The monoisotopic (exact) mass is 510 g/mol. The summed E-state index contributed by atoms with van der Waals surface area (Å²) < 4.78 is 7.20. The average molecular weight is 510 g/mol. The zero-order valence-electron chi connectivity index (χ0n) is 15.4. The normalized spacial score (nSPS) is 11.4. The molecule has 4 aromatic heterocycles. The summed E-state index contributed by atoms with van der Waals surface area (Å²) in [5.74, 6) is 0. The van der Waals surface area contributed by atoms with Crippen molar-refractivity contribution in [2.45, 2.75) is 6.92 Å².